The van der Waals surface area contributed by atoms with Gasteiger partial charge >= 0.3 is 0 Å². The first kappa shape index (κ1) is 11.6. The molecule has 3 nitrogen and oxygen atoms in total. The third-order valence-corrected chi connectivity index (χ3v) is 3.98. The van der Waals surface area contributed by atoms with Crippen LogP contribution in [0.1, 0.15) is 37.7 Å². The molecule has 1 heterocycles. The lowest BCUT2D eigenvalue weighted by Gasteiger charge is -2.27. The largest absolute Gasteiger partial charge is 0.478 e. The number of aryl methyl sites for hydroxylation is 1. The van der Waals surface area contributed by atoms with Crippen molar-refractivity contribution in [1.29, 1.82) is 0 Å². The highest BCUT2D eigenvalue weighted by atomic mass is 16.5. The zero-order valence-electron chi connectivity index (χ0n) is 10.7. The number of carbonyl (C=O) groups excluding carboxylic acids is 1. The molecule has 1 amide bonds. The smallest absolute Gasteiger partial charge is 0.265 e. The summed E-state index contributed by atoms with van der Waals surface area (Å²) < 4.78 is 5.87. The maximum Gasteiger partial charge on any atom is 0.265 e. The number of fused-ring (bicyclic) bond motifs is 1. The maximum absolute atomic E-state index is 12.0. The van der Waals surface area contributed by atoms with E-state index >= 15 is 0 Å². The highest BCUT2D eigenvalue weighted by Crippen LogP contribution is 2.35. The van der Waals surface area contributed by atoms with E-state index in [1.54, 1.807) is 0 Å². The van der Waals surface area contributed by atoms with Gasteiger partial charge in [0.15, 0.2) is 6.10 Å². The number of rotatable bonds is 2. The van der Waals surface area contributed by atoms with Crippen molar-refractivity contribution in [2.24, 2.45) is 5.92 Å². The lowest BCUT2D eigenvalue weighted by Crippen LogP contribution is -2.38. The molecule has 3 heteroatoms. The number of ether oxygens (including phenoxy) is 1. The molecule has 2 aliphatic rings. The van der Waals surface area contributed by atoms with Gasteiger partial charge in [0.25, 0.3) is 5.91 Å². The van der Waals surface area contributed by atoms with Crippen LogP contribution in [0.4, 0.5) is 5.69 Å². The van der Waals surface area contributed by atoms with Crippen LogP contribution in [-0.4, -0.2) is 12.0 Å². The van der Waals surface area contributed by atoms with E-state index in [-0.39, 0.29) is 12.0 Å². The van der Waals surface area contributed by atoms with Gasteiger partial charge in [-0.25, -0.2) is 0 Å². The average Bonchev–Trinajstić information content (AvgIpc) is 2.83. The Labute approximate surface area is 108 Å². The Morgan fingerprint density at radius 2 is 2.11 bits per heavy atom. The third kappa shape index (κ3) is 2.22. The summed E-state index contributed by atoms with van der Waals surface area (Å²) in [6.07, 6.45) is 5.65. The zero-order valence-corrected chi connectivity index (χ0v) is 10.7. The van der Waals surface area contributed by atoms with Gasteiger partial charge in [-0.2, -0.15) is 0 Å². The van der Waals surface area contributed by atoms with Gasteiger partial charge in [0.2, 0.25) is 0 Å². The Balaban J connectivity index is 1.75. The van der Waals surface area contributed by atoms with Crippen LogP contribution in [0, 0.1) is 12.8 Å². The van der Waals surface area contributed by atoms with Crippen LogP contribution in [0.2, 0.25) is 0 Å². The molecular formula is C15H19NO2. The number of amides is 1. The van der Waals surface area contributed by atoms with E-state index in [0.29, 0.717) is 5.92 Å². The van der Waals surface area contributed by atoms with Crippen molar-refractivity contribution < 1.29 is 9.53 Å². The first-order valence-electron chi connectivity index (χ1n) is 6.80. The fourth-order valence-corrected chi connectivity index (χ4v) is 2.95. The Kier molecular flexibility index (Phi) is 2.98. The summed E-state index contributed by atoms with van der Waals surface area (Å²) in [6, 6.07) is 5.89. The molecule has 1 aliphatic carbocycles. The van der Waals surface area contributed by atoms with Crippen molar-refractivity contribution in [3.8, 4) is 5.75 Å². The first-order valence-corrected chi connectivity index (χ1v) is 6.80. The highest BCUT2D eigenvalue weighted by molar-refractivity contribution is 5.97. The highest BCUT2D eigenvalue weighted by Gasteiger charge is 2.30. The number of carbonyl (C=O) groups is 1. The Morgan fingerprint density at radius 1 is 1.33 bits per heavy atom. The quantitative estimate of drug-likeness (QED) is 0.868. The van der Waals surface area contributed by atoms with Gasteiger partial charge in [-0.1, -0.05) is 31.7 Å². The predicted octanol–water partition coefficient (Wildman–Crippen LogP) is 3.27. The van der Waals surface area contributed by atoms with Gasteiger partial charge < -0.3 is 10.1 Å². The summed E-state index contributed by atoms with van der Waals surface area (Å²) in [5.41, 5.74) is 1.96. The van der Waals surface area contributed by atoms with Gasteiger partial charge in [0, 0.05) is 0 Å². The van der Waals surface area contributed by atoms with Crippen molar-refractivity contribution in [3.05, 3.63) is 23.8 Å². The molecule has 1 aromatic carbocycles. The molecule has 1 aliphatic heterocycles. The average molecular weight is 245 g/mol. The second-order valence-electron chi connectivity index (χ2n) is 5.48. The normalized spacial score (nSPS) is 23.4. The molecule has 1 atom stereocenters. The SMILES string of the molecule is Cc1ccc2c(c1)O[C@@H](CC1CCCC1)C(=O)N2. The van der Waals surface area contributed by atoms with E-state index in [0.717, 1.165) is 23.4 Å². The van der Waals surface area contributed by atoms with Crippen molar-refractivity contribution >= 4 is 11.6 Å². The molecule has 0 bridgehead atoms. The van der Waals surface area contributed by atoms with E-state index in [1.807, 2.05) is 25.1 Å². The fourth-order valence-electron chi connectivity index (χ4n) is 2.95. The molecule has 0 saturated heterocycles. The van der Waals surface area contributed by atoms with E-state index in [1.165, 1.54) is 25.7 Å². The molecule has 1 aromatic rings. The molecule has 0 radical (unpaired) electrons. The van der Waals surface area contributed by atoms with E-state index in [2.05, 4.69) is 5.32 Å². The molecular weight excluding hydrogens is 226 g/mol. The summed E-state index contributed by atoms with van der Waals surface area (Å²) >= 11 is 0. The summed E-state index contributed by atoms with van der Waals surface area (Å²) in [5.74, 6) is 1.49. The Hall–Kier alpha value is -1.51. The number of benzene rings is 1. The van der Waals surface area contributed by atoms with E-state index < -0.39 is 0 Å². The lowest BCUT2D eigenvalue weighted by molar-refractivity contribution is -0.124. The minimum Gasteiger partial charge on any atom is -0.478 e. The molecule has 1 fully saturated rings. The first-order chi connectivity index (χ1) is 8.72. The molecule has 0 aromatic heterocycles. The Morgan fingerprint density at radius 3 is 2.89 bits per heavy atom. The van der Waals surface area contributed by atoms with Crippen LogP contribution >= 0.6 is 0 Å². The van der Waals surface area contributed by atoms with Crippen molar-refractivity contribution in [3.63, 3.8) is 0 Å². The number of hydrogen-bond donors (Lipinski definition) is 1. The summed E-state index contributed by atoms with van der Waals surface area (Å²) in [6.45, 7) is 2.03. The van der Waals surface area contributed by atoms with Gasteiger partial charge in [-0.15, -0.1) is 0 Å². The zero-order chi connectivity index (χ0) is 12.5. The molecule has 0 spiro atoms. The van der Waals surface area contributed by atoms with Crippen LogP contribution in [0.25, 0.3) is 0 Å². The monoisotopic (exact) mass is 245 g/mol. The van der Waals surface area contributed by atoms with E-state index in [9.17, 15) is 4.79 Å². The summed E-state index contributed by atoms with van der Waals surface area (Å²) in [4.78, 5) is 12.0. The molecule has 96 valence electrons. The van der Waals surface area contributed by atoms with Crippen LogP contribution in [0.3, 0.4) is 0 Å². The van der Waals surface area contributed by atoms with Crippen molar-refractivity contribution in [2.75, 3.05) is 5.32 Å². The van der Waals surface area contributed by atoms with Gasteiger partial charge in [0.1, 0.15) is 5.75 Å². The number of anilines is 1. The van der Waals surface area contributed by atoms with Gasteiger partial charge in [0.05, 0.1) is 5.69 Å². The predicted molar refractivity (Wildman–Crippen MR) is 70.8 cm³/mol. The maximum atomic E-state index is 12.0. The Bertz CT molecular complexity index is 464. The van der Waals surface area contributed by atoms with Crippen molar-refractivity contribution in [1.82, 2.24) is 0 Å². The molecule has 0 unspecified atom stereocenters. The second kappa shape index (κ2) is 4.63. The van der Waals surface area contributed by atoms with Crippen LogP contribution in [-0.2, 0) is 4.79 Å². The van der Waals surface area contributed by atoms with Gasteiger partial charge in [-0.3, -0.25) is 4.79 Å². The summed E-state index contributed by atoms with van der Waals surface area (Å²) in [7, 11) is 0. The molecule has 1 N–H and O–H groups in total. The molecule has 3 rings (SSSR count). The van der Waals surface area contributed by atoms with Crippen molar-refractivity contribution in [2.45, 2.75) is 45.1 Å². The number of hydrogen-bond acceptors (Lipinski definition) is 2. The summed E-state index contributed by atoms with van der Waals surface area (Å²) in [5, 5.41) is 2.95. The second-order valence-corrected chi connectivity index (χ2v) is 5.48. The standard InChI is InChI=1S/C15H19NO2/c1-10-6-7-12-13(8-10)18-14(15(17)16-12)9-11-4-2-3-5-11/h6-8,11,14H,2-5,9H2,1H3,(H,16,17)/t14-/m0/s1. The van der Waals surface area contributed by atoms with Crippen LogP contribution < -0.4 is 10.1 Å². The van der Waals surface area contributed by atoms with E-state index in [4.69, 9.17) is 4.74 Å². The van der Waals surface area contributed by atoms with Crippen LogP contribution in [0.5, 0.6) is 5.75 Å². The fraction of sp³-hybridized carbons (Fsp3) is 0.533. The topological polar surface area (TPSA) is 38.3 Å². The third-order valence-electron chi connectivity index (χ3n) is 3.98. The minimum atomic E-state index is -0.303. The molecule has 18 heavy (non-hydrogen) atoms. The number of nitrogens with one attached hydrogen (secondary N) is 1. The minimum absolute atomic E-state index is 0.0123. The van der Waals surface area contributed by atoms with Gasteiger partial charge in [-0.05, 0) is 37.0 Å². The lowest BCUT2D eigenvalue weighted by atomic mass is 9.98. The molecule has 1 saturated carbocycles. The van der Waals surface area contributed by atoms with Crippen LogP contribution in [0.15, 0.2) is 18.2 Å².